The van der Waals surface area contributed by atoms with Gasteiger partial charge in [0.1, 0.15) is 13.2 Å². The highest BCUT2D eigenvalue weighted by Crippen LogP contribution is 2.45. The summed E-state index contributed by atoms with van der Waals surface area (Å²) in [7, 11) is 0. The number of ether oxygens (including phenoxy) is 2. The molecule has 2 amide bonds. The van der Waals surface area contributed by atoms with Crippen molar-refractivity contribution >= 4 is 18.2 Å². The predicted octanol–water partition coefficient (Wildman–Crippen LogP) is 5.86. The first-order valence-electron chi connectivity index (χ1n) is 13.4. The molecule has 0 spiro atoms. The molecule has 8 nitrogen and oxygen atoms in total. The minimum atomic E-state index is -2.16. The SMILES string of the molecule is CC(NC(=O)OCC1c2ccccc2-c2ccccc21)(NC(=O)OCC1c2ccccc2-c2ccccc21)C(=O)O. The molecule has 3 N–H and O–H groups in total. The molecule has 0 heterocycles. The number of alkyl carbamates (subject to hydrolysis) is 2. The molecule has 0 bridgehead atoms. The topological polar surface area (TPSA) is 114 Å². The number of amides is 2. The standard InChI is InChI=1S/C33H28N2O6/c1-33(30(36)37,34-31(38)40-18-28-24-14-6-2-10-20(24)21-11-3-7-15-25(21)28)35-32(39)41-19-29-26-16-8-4-12-22(26)23-13-5-9-17-27(23)29/h2-17,28-29H,18-19H2,1H3,(H,34,38)(H,35,39)(H,36,37). The number of carboxylic acid groups (broad SMARTS) is 1. The number of aliphatic carboxylic acids is 1. The molecule has 4 aromatic carbocycles. The molecule has 41 heavy (non-hydrogen) atoms. The van der Waals surface area contributed by atoms with E-state index in [2.05, 4.69) is 10.6 Å². The molecule has 0 atom stereocenters. The number of hydrogen-bond donors (Lipinski definition) is 3. The van der Waals surface area contributed by atoms with Crippen LogP contribution in [-0.4, -0.2) is 42.1 Å². The number of carboxylic acids is 1. The molecule has 0 saturated carbocycles. The number of fused-ring (bicyclic) bond motifs is 6. The molecule has 2 aliphatic rings. The van der Waals surface area contributed by atoms with Crippen LogP contribution >= 0.6 is 0 Å². The van der Waals surface area contributed by atoms with E-state index in [9.17, 15) is 19.5 Å². The first-order valence-corrected chi connectivity index (χ1v) is 13.4. The normalized spacial score (nSPS) is 13.4. The number of rotatable bonds is 7. The summed E-state index contributed by atoms with van der Waals surface area (Å²) in [5.41, 5.74) is 6.24. The summed E-state index contributed by atoms with van der Waals surface area (Å²) < 4.78 is 11.0. The molecule has 0 fully saturated rings. The van der Waals surface area contributed by atoms with Crippen molar-refractivity contribution in [2.45, 2.75) is 24.4 Å². The lowest BCUT2D eigenvalue weighted by Crippen LogP contribution is -2.63. The van der Waals surface area contributed by atoms with Gasteiger partial charge < -0.3 is 14.6 Å². The maximum absolute atomic E-state index is 12.8. The van der Waals surface area contributed by atoms with Gasteiger partial charge in [0.25, 0.3) is 0 Å². The Morgan fingerprint density at radius 2 is 0.902 bits per heavy atom. The van der Waals surface area contributed by atoms with Gasteiger partial charge in [-0.15, -0.1) is 0 Å². The predicted molar refractivity (Wildman–Crippen MR) is 152 cm³/mol. The maximum atomic E-state index is 12.8. The van der Waals surface area contributed by atoms with E-state index in [-0.39, 0.29) is 25.0 Å². The van der Waals surface area contributed by atoms with Crippen LogP contribution in [0.5, 0.6) is 0 Å². The first-order chi connectivity index (χ1) is 19.9. The number of hydrogen-bond acceptors (Lipinski definition) is 5. The van der Waals surface area contributed by atoms with E-state index >= 15 is 0 Å². The molecule has 0 aliphatic heterocycles. The highest BCUT2D eigenvalue weighted by Gasteiger charge is 2.39. The quantitative estimate of drug-likeness (QED) is 0.249. The molecule has 206 valence electrons. The van der Waals surface area contributed by atoms with E-state index in [1.807, 2.05) is 97.1 Å². The van der Waals surface area contributed by atoms with Crippen LogP contribution in [0.15, 0.2) is 97.1 Å². The summed E-state index contributed by atoms with van der Waals surface area (Å²) in [6.07, 6.45) is -1.95. The third-order valence-electron chi connectivity index (χ3n) is 7.82. The van der Waals surface area contributed by atoms with Crippen LogP contribution in [0.2, 0.25) is 0 Å². The van der Waals surface area contributed by atoms with Crippen molar-refractivity contribution in [1.29, 1.82) is 0 Å². The van der Waals surface area contributed by atoms with Crippen molar-refractivity contribution in [2.75, 3.05) is 13.2 Å². The van der Waals surface area contributed by atoms with Gasteiger partial charge in [-0.3, -0.25) is 10.6 Å². The largest absolute Gasteiger partial charge is 0.478 e. The molecular weight excluding hydrogens is 520 g/mol. The summed E-state index contributed by atoms with van der Waals surface area (Å²) in [5, 5.41) is 14.4. The Morgan fingerprint density at radius 3 is 1.20 bits per heavy atom. The van der Waals surface area contributed by atoms with Crippen molar-refractivity contribution in [3.05, 3.63) is 119 Å². The van der Waals surface area contributed by atoms with Crippen molar-refractivity contribution in [3.63, 3.8) is 0 Å². The smallest absolute Gasteiger partial charge is 0.409 e. The Kier molecular flexibility index (Phi) is 6.67. The lowest BCUT2D eigenvalue weighted by molar-refractivity contribution is -0.145. The van der Waals surface area contributed by atoms with Gasteiger partial charge >= 0.3 is 18.2 Å². The third-order valence-corrected chi connectivity index (χ3v) is 7.82. The lowest BCUT2D eigenvalue weighted by Gasteiger charge is -2.27. The first kappa shape index (κ1) is 26.1. The molecular formula is C33H28N2O6. The van der Waals surface area contributed by atoms with Crippen molar-refractivity contribution < 1.29 is 29.0 Å². The van der Waals surface area contributed by atoms with Gasteiger partial charge in [0.05, 0.1) is 0 Å². The summed E-state index contributed by atoms with van der Waals surface area (Å²) in [6, 6.07) is 31.6. The van der Waals surface area contributed by atoms with E-state index in [1.165, 1.54) is 0 Å². The van der Waals surface area contributed by atoms with Gasteiger partial charge in [-0.05, 0) is 51.4 Å². The average molecular weight is 549 g/mol. The second-order valence-corrected chi connectivity index (χ2v) is 10.3. The molecule has 2 aliphatic carbocycles. The fourth-order valence-corrected chi connectivity index (χ4v) is 5.82. The van der Waals surface area contributed by atoms with Crippen LogP contribution in [-0.2, 0) is 14.3 Å². The van der Waals surface area contributed by atoms with Crippen LogP contribution < -0.4 is 10.6 Å². The molecule has 0 radical (unpaired) electrons. The number of benzene rings is 4. The van der Waals surface area contributed by atoms with Crippen molar-refractivity contribution in [3.8, 4) is 22.3 Å². The Labute approximate surface area is 236 Å². The fraction of sp³-hybridized carbons (Fsp3) is 0.182. The van der Waals surface area contributed by atoms with E-state index in [0.717, 1.165) is 51.4 Å². The Balaban J connectivity index is 1.09. The Morgan fingerprint density at radius 1 is 0.610 bits per heavy atom. The highest BCUT2D eigenvalue weighted by molar-refractivity contribution is 5.88. The number of carbonyl (C=O) groups is 3. The maximum Gasteiger partial charge on any atom is 0.409 e. The van der Waals surface area contributed by atoms with Crippen LogP contribution in [0, 0.1) is 0 Å². The molecule has 8 heteroatoms. The second-order valence-electron chi connectivity index (χ2n) is 10.3. The van der Waals surface area contributed by atoms with E-state index < -0.39 is 23.8 Å². The van der Waals surface area contributed by atoms with E-state index in [0.29, 0.717) is 0 Å². The Hall–Kier alpha value is -5.11. The van der Waals surface area contributed by atoms with E-state index in [4.69, 9.17) is 9.47 Å². The third kappa shape index (κ3) is 4.78. The van der Waals surface area contributed by atoms with Crippen LogP contribution in [0.3, 0.4) is 0 Å². The number of carbonyl (C=O) groups excluding carboxylic acids is 2. The minimum Gasteiger partial charge on any atom is -0.478 e. The zero-order valence-corrected chi connectivity index (χ0v) is 22.3. The van der Waals surface area contributed by atoms with Gasteiger partial charge in [0.15, 0.2) is 0 Å². The van der Waals surface area contributed by atoms with Crippen LogP contribution in [0.25, 0.3) is 22.3 Å². The summed E-state index contributed by atoms with van der Waals surface area (Å²) in [4.78, 5) is 37.7. The number of nitrogens with one attached hydrogen (secondary N) is 2. The zero-order chi connectivity index (χ0) is 28.6. The highest BCUT2D eigenvalue weighted by atomic mass is 16.6. The second kappa shape index (κ2) is 10.5. The van der Waals surface area contributed by atoms with Gasteiger partial charge in [-0.25, -0.2) is 14.4 Å². The van der Waals surface area contributed by atoms with Gasteiger partial charge in [-0.1, -0.05) is 97.1 Å². The van der Waals surface area contributed by atoms with Gasteiger partial charge in [-0.2, -0.15) is 0 Å². The fourth-order valence-electron chi connectivity index (χ4n) is 5.82. The molecule has 6 rings (SSSR count). The zero-order valence-electron chi connectivity index (χ0n) is 22.3. The van der Waals surface area contributed by atoms with E-state index in [1.54, 1.807) is 0 Å². The molecule has 4 aromatic rings. The van der Waals surface area contributed by atoms with Gasteiger partial charge in [0.2, 0.25) is 5.66 Å². The Bertz CT molecular complexity index is 1460. The van der Waals surface area contributed by atoms with Crippen molar-refractivity contribution in [1.82, 2.24) is 10.6 Å². The van der Waals surface area contributed by atoms with Crippen LogP contribution in [0.4, 0.5) is 9.59 Å². The molecule has 0 saturated heterocycles. The monoisotopic (exact) mass is 548 g/mol. The summed E-state index contributed by atoms with van der Waals surface area (Å²) in [5.74, 6) is -1.86. The van der Waals surface area contributed by atoms with Crippen LogP contribution in [0.1, 0.15) is 41.0 Å². The summed E-state index contributed by atoms with van der Waals surface area (Å²) >= 11 is 0. The minimum absolute atomic E-state index is 0.000499. The average Bonchev–Trinajstić information content (AvgIpc) is 3.47. The molecule has 0 unspecified atom stereocenters. The van der Waals surface area contributed by atoms with Gasteiger partial charge in [0, 0.05) is 11.8 Å². The molecule has 0 aromatic heterocycles. The van der Waals surface area contributed by atoms with Crippen molar-refractivity contribution in [2.24, 2.45) is 0 Å². The lowest BCUT2D eigenvalue weighted by atomic mass is 9.98. The summed E-state index contributed by atoms with van der Waals surface area (Å²) in [6.45, 7) is 1.17.